The van der Waals surface area contributed by atoms with Crippen molar-refractivity contribution >= 4 is 17.6 Å². The molecule has 2 N–H and O–H groups in total. The van der Waals surface area contributed by atoms with Gasteiger partial charge in [-0.3, -0.25) is 9.59 Å². The van der Waals surface area contributed by atoms with Crippen LogP contribution in [0.4, 0.5) is 5.69 Å². The lowest BCUT2D eigenvalue weighted by atomic mass is 9.99. The number of hydrogen-bond donors (Lipinski definition) is 2. The monoisotopic (exact) mass is 277 g/mol. The lowest BCUT2D eigenvalue weighted by Gasteiger charge is -2.12. The Kier molecular flexibility index (Phi) is 6.77. The minimum absolute atomic E-state index is 0.0389. The van der Waals surface area contributed by atoms with E-state index in [1.54, 1.807) is 0 Å². The molecule has 4 nitrogen and oxygen atoms in total. The molecule has 0 aliphatic heterocycles. The van der Waals surface area contributed by atoms with Gasteiger partial charge in [-0.1, -0.05) is 38.8 Å². The summed E-state index contributed by atoms with van der Waals surface area (Å²) >= 11 is 0. The minimum Gasteiger partial charge on any atom is -0.481 e. The molecular formula is C16H23NO3. The first-order valence-electron chi connectivity index (χ1n) is 7.15. The van der Waals surface area contributed by atoms with E-state index in [1.165, 1.54) is 0 Å². The van der Waals surface area contributed by atoms with Crippen LogP contribution in [-0.4, -0.2) is 17.0 Å². The average molecular weight is 277 g/mol. The predicted octanol–water partition coefficient (Wildman–Crippen LogP) is 3.47. The van der Waals surface area contributed by atoms with E-state index >= 15 is 0 Å². The van der Waals surface area contributed by atoms with Crippen LogP contribution in [0.15, 0.2) is 24.3 Å². The van der Waals surface area contributed by atoms with Crippen LogP contribution in [0.25, 0.3) is 0 Å². The Bertz CT molecular complexity index is 436. The highest BCUT2D eigenvalue weighted by molar-refractivity contribution is 5.90. The Labute approximate surface area is 120 Å². The van der Waals surface area contributed by atoms with Gasteiger partial charge in [0.1, 0.15) is 0 Å². The lowest BCUT2D eigenvalue weighted by molar-refractivity contribution is -0.137. The normalized spacial score (nSPS) is 10.6. The van der Waals surface area contributed by atoms with Gasteiger partial charge in [-0.15, -0.1) is 0 Å². The number of hydrogen-bond acceptors (Lipinski definition) is 2. The quantitative estimate of drug-likeness (QED) is 0.764. The summed E-state index contributed by atoms with van der Waals surface area (Å²) in [5.41, 5.74) is 1.73. The van der Waals surface area contributed by atoms with Gasteiger partial charge in [-0.05, 0) is 30.0 Å². The van der Waals surface area contributed by atoms with Crippen molar-refractivity contribution in [2.75, 3.05) is 5.32 Å². The molecule has 1 amide bonds. The SMILES string of the molecule is CCC(CC)CC(=O)Nc1ccc(CCC(=O)O)cc1. The fourth-order valence-corrected chi connectivity index (χ4v) is 2.06. The van der Waals surface area contributed by atoms with E-state index in [1.807, 2.05) is 24.3 Å². The summed E-state index contributed by atoms with van der Waals surface area (Å²) in [5, 5.41) is 11.5. The van der Waals surface area contributed by atoms with Gasteiger partial charge >= 0.3 is 5.97 Å². The first-order valence-corrected chi connectivity index (χ1v) is 7.15. The zero-order valence-electron chi connectivity index (χ0n) is 12.2. The summed E-state index contributed by atoms with van der Waals surface area (Å²) in [6.07, 6.45) is 3.21. The molecule has 0 saturated heterocycles. The number of carbonyl (C=O) groups excluding carboxylic acids is 1. The van der Waals surface area contributed by atoms with Crippen LogP contribution in [0.3, 0.4) is 0 Å². The number of benzene rings is 1. The average Bonchev–Trinajstić information content (AvgIpc) is 2.44. The van der Waals surface area contributed by atoms with E-state index in [0.717, 1.165) is 24.1 Å². The number of nitrogens with one attached hydrogen (secondary N) is 1. The molecule has 0 radical (unpaired) electrons. The fourth-order valence-electron chi connectivity index (χ4n) is 2.06. The Balaban J connectivity index is 2.48. The second kappa shape index (κ2) is 8.35. The highest BCUT2D eigenvalue weighted by Crippen LogP contribution is 2.15. The van der Waals surface area contributed by atoms with Crippen molar-refractivity contribution in [2.24, 2.45) is 5.92 Å². The van der Waals surface area contributed by atoms with E-state index in [2.05, 4.69) is 19.2 Å². The van der Waals surface area contributed by atoms with Crippen molar-refractivity contribution in [3.05, 3.63) is 29.8 Å². The number of carboxylic acid groups (broad SMARTS) is 1. The molecule has 0 aliphatic carbocycles. The maximum absolute atomic E-state index is 11.9. The first-order chi connectivity index (χ1) is 9.55. The van der Waals surface area contributed by atoms with E-state index in [9.17, 15) is 9.59 Å². The first kappa shape index (κ1) is 16.2. The molecule has 0 fully saturated rings. The van der Waals surface area contributed by atoms with Crippen LogP contribution in [-0.2, 0) is 16.0 Å². The Hall–Kier alpha value is -1.84. The number of rotatable bonds is 8. The molecule has 0 spiro atoms. The molecule has 4 heteroatoms. The van der Waals surface area contributed by atoms with Gasteiger partial charge < -0.3 is 10.4 Å². The van der Waals surface area contributed by atoms with Crippen molar-refractivity contribution in [1.29, 1.82) is 0 Å². The summed E-state index contributed by atoms with van der Waals surface area (Å²) in [6.45, 7) is 4.19. The molecule has 0 saturated carbocycles. The van der Waals surface area contributed by atoms with E-state index in [4.69, 9.17) is 5.11 Å². The maximum Gasteiger partial charge on any atom is 0.303 e. The molecule has 20 heavy (non-hydrogen) atoms. The number of anilines is 1. The second-order valence-corrected chi connectivity index (χ2v) is 5.03. The van der Waals surface area contributed by atoms with Gasteiger partial charge in [0.2, 0.25) is 5.91 Å². The highest BCUT2D eigenvalue weighted by Gasteiger charge is 2.10. The van der Waals surface area contributed by atoms with Crippen molar-refractivity contribution in [2.45, 2.75) is 46.0 Å². The highest BCUT2D eigenvalue weighted by atomic mass is 16.4. The number of aliphatic carboxylic acids is 1. The van der Waals surface area contributed by atoms with Crippen molar-refractivity contribution in [3.63, 3.8) is 0 Å². The summed E-state index contributed by atoms with van der Waals surface area (Å²) < 4.78 is 0. The zero-order chi connectivity index (χ0) is 15.0. The van der Waals surface area contributed by atoms with Crippen molar-refractivity contribution in [3.8, 4) is 0 Å². The van der Waals surface area contributed by atoms with Crippen LogP contribution in [0, 0.1) is 5.92 Å². The molecule has 0 aliphatic rings. The molecule has 0 heterocycles. The Morgan fingerprint density at radius 1 is 1.15 bits per heavy atom. The summed E-state index contributed by atoms with van der Waals surface area (Å²) in [7, 11) is 0. The van der Waals surface area contributed by atoms with Crippen LogP contribution >= 0.6 is 0 Å². The zero-order valence-corrected chi connectivity index (χ0v) is 12.2. The molecule has 0 aromatic heterocycles. The van der Waals surface area contributed by atoms with Crippen molar-refractivity contribution in [1.82, 2.24) is 0 Å². The molecule has 1 aromatic carbocycles. The molecular weight excluding hydrogens is 254 g/mol. The largest absolute Gasteiger partial charge is 0.481 e. The maximum atomic E-state index is 11.9. The van der Waals surface area contributed by atoms with Gasteiger partial charge in [-0.2, -0.15) is 0 Å². The molecule has 1 rings (SSSR count). The number of carboxylic acids is 1. The van der Waals surface area contributed by atoms with Gasteiger partial charge in [-0.25, -0.2) is 0 Å². The Morgan fingerprint density at radius 3 is 2.25 bits per heavy atom. The van der Waals surface area contributed by atoms with Gasteiger partial charge in [0.05, 0.1) is 0 Å². The predicted molar refractivity (Wildman–Crippen MR) is 79.7 cm³/mol. The van der Waals surface area contributed by atoms with Crippen LogP contribution in [0.1, 0.15) is 45.1 Å². The number of aryl methyl sites for hydroxylation is 1. The smallest absolute Gasteiger partial charge is 0.303 e. The van der Waals surface area contributed by atoms with Gasteiger partial charge in [0.15, 0.2) is 0 Å². The van der Waals surface area contributed by atoms with Gasteiger partial charge in [0.25, 0.3) is 0 Å². The van der Waals surface area contributed by atoms with Gasteiger partial charge in [0, 0.05) is 18.5 Å². The third-order valence-corrected chi connectivity index (χ3v) is 3.49. The van der Waals surface area contributed by atoms with E-state index in [0.29, 0.717) is 18.8 Å². The topological polar surface area (TPSA) is 66.4 Å². The molecule has 110 valence electrons. The minimum atomic E-state index is -0.799. The van der Waals surface area contributed by atoms with E-state index in [-0.39, 0.29) is 12.3 Å². The van der Waals surface area contributed by atoms with Crippen molar-refractivity contribution < 1.29 is 14.7 Å². The third-order valence-electron chi connectivity index (χ3n) is 3.49. The molecule has 0 atom stereocenters. The third kappa shape index (κ3) is 5.87. The van der Waals surface area contributed by atoms with Crippen LogP contribution in [0.2, 0.25) is 0 Å². The molecule has 0 bridgehead atoms. The number of amides is 1. The summed E-state index contributed by atoms with van der Waals surface area (Å²) in [6, 6.07) is 7.36. The van der Waals surface area contributed by atoms with Crippen LogP contribution in [0.5, 0.6) is 0 Å². The van der Waals surface area contributed by atoms with E-state index < -0.39 is 5.97 Å². The summed E-state index contributed by atoms with van der Waals surface area (Å²) in [4.78, 5) is 22.3. The summed E-state index contributed by atoms with van der Waals surface area (Å²) in [5.74, 6) is -0.325. The lowest BCUT2D eigenvalue weighted by Crippen LogP contribution is -2.15. The fraction of sp³-hybridized carbons (Fsp3) is 0.500. The number of carbonyl (C=O) groups is 2. The molecule has 0 unspecified atom stereocenters. The van der Waals surface area contributed by atoms with Crippen LogP contribution < -0.4 is 5.32 Å². The Morgan fingerprint density at radius 2 is 1.75 bits per heavy atom. The molecule has 1 aromatic rings. The second-order valence-electron chi connectivity index (χ2n) is 5.03. The standard InChI is InChI=1S/C16H23NO3/c1-3-12(4-2)11-15(18)17-14-8-5-13(6-9-14)7-10-16(19)20/h5-6,8-9,12H,3-4,7,10-11H2,1-2H3,(H,17,18)(H,19,20).